The monoisotopic (exact) mass is 310 g/mol. The molecule has 0 aliphatic carbocycles. The average Bonchev–Trinajstić information content (AvgIpc) is 2.67. The number of carbonyl (C=O) groups is 1. The summed E-state index contributed by atoms with van der Waals surface area (Å²) in [6, 6.07) is 0. The summed E-state index contributed by atoms with van der Waals surface area (Å²) < 4.78 is 40.2. The minimum absolute atomic E-state index is 0.128. The first kappa shape index (κ1) is 16.7. The van der Waals surface area contributed by atoms with E-state index in [1.807, 2.05) is 6.92 Å². The zero-order chi connectivity index (χ0) is 15.6. The molecule has 0 spiro atoms. The lowest BCUT2D eigenvalue weighted by molar-refractivity contribution is -0.199. The van der Waals surface area contributed by atoms with Gasteiger partial charge in [-0.3, -0.25) is 3.96 Å². The van der Waals surface area contributed by atoms with Crippen molar-refractivity contribution >= 4 is 17.6 Å². The summed E-state index contributed by atoms with van der Waals surface area (Å²) in [7, 11) is 0. The molecule has 0 radical (unpaired) electrons. The van der Waals surface area contributed by atoms with Gasteiger partial charge in [-0.1, -0.05) is 13.3 Å². The Labute approximate surface area is 118 Å². The number of nitrogens with zero attached hydrogens (tertiary/aromatic N) is 2. The van der Waals surface area contributed by atoms with Gasteiger partial charge in [-0.25, -0.2) is 4.79 Å². The summed E-state index contributed by atoms with van der Waals surface area (Å²) in [6.07, 6.45) is -2.32. The van der Waals surface area contributed by atoms with Crippen molar-refractivity contribution in [2.24, 2.45) is 4.99 Å². The molecule has 1 aromatic rings. The van der Waals surface area contributed by atoms with E-state index in [9.17, 15) is 18.0 Å². The van der Waals surface area contributed by atoms with Crippen molar-refractivity contribution in [3.8, 4) is 0 Å². The van der Waals surface area contributed by atoms with Crippen LogP contribution >= 0.6 is 11.5 Å². The molecule has 8 heteroatoms. The summed E-state index contributed by atoms with van der Waals surface area (Å²) in [5.74, 6) is 0. The van der Waals surface area contributed by atoms with Crippen LogP contribution in [0.15, 0.2) is 11.2 Å². The van der Waals surface area contributed by atoms with Crippen LogP contribution in [-0.4, -0.2) is 21.3 Å². The molecule has 114 valence electrons. The third-order valence-electron chi connectivity index (χ3n) is 2.97. The van der Waals surface area contributed by atoms with E-state index in [4.69, 9.17) is 5.11 Å². The fourth-order valence-corrected chi connectivity index (χ4v) is 2.58. The van der Waals surface area contributed by atoms with Gasteiger partial charge in [0, 0.05) is 11.8 Å². The van der Waals surface area contributed by atoms with Crippen LogP contribution in [-0.2, 0) is 12.0 Å². The average molecular weight is 310 g/mol. The number of aromatic nitrogens is 1. The molecule has 0 saturated heterocycles. The van der Waals surface area contributed by atoms with Crippen LogP contribution in [0.1, 0.15) is 39.2 Å². The minimum atomic E-state index is -4.43. The van der Waals surface area contributed by atoms with E-state index < -0.39 is 17.8 Å². The number of hydrogen-bond donors (Lipinski definition) is 1. The molecular weight excluding hydrogens is 293 g/mol. The van der Waals surface area contributed by atoms with Gasteiger partial charge in [0.2, 0.25) is 0 Å². The lowest BCUT2D eigenvalue weighted by Crippen LogP contribution is -2.40. The van der Waals surface area contributed by atoms with Gasteiger partial charge in [-0.2, -0.15) is 18.2 Å². The Bertz CT molecular complexity index is 544. The Kier molecular flexibility index (Phi) is 5.01. The van der Waals surface area contributed by atoms with Crippen molar-refractivity contribution in [1.29, 1.82) is 0 Å². The van der Waals surface area contributed by atoms with Gasteiger partial charge >= 0.3 is 12.3 Å². The van der Waals surface area contributed by atoms with Crippen LogP contribution in [0, 0.1) is 0 Å². The van der Waals surface area contributed by atoms with Crippen molar-refractivity contribution < 1.29 is 23.1 Å². The van der Waals surface area contributed by atoms with Gasteiger partial charge in [0.1, 0.15) is 10.2 Å². The maximum absolute atomic E-state index is 13.0. The van der Waals surface area contributed by atoms with Crippen molar-refractivity contribution in [3.63, 3.8) is 0 Å². The van der Waals surface area contributed by atoms with Crippen LogP contribution in [0.4, 0.5) is 18.0 Å². The molecule has 20 heavy (non-hydrogen) atoms. The normalized spacial score (nSPS) is 13.8. The van der Waals surface area contributed by atoms with Gasteiger partial charge in [-0.05, 0) is 38.2 Å². The number of amides is 1. The lowest BCUT2D eigenvalue weighted by Gasteiger charge is -2.28. The van der Waals surface area contributed by atoms with Crippen LogP contribution in [0.3, 0.4) is 0 Å². The number of rotatable bonds is 4. The van der Waals surface area contributed by atoms with Crippen LogP contribution < -0.4 is 4.67 Å². The van der Waals surface area contributed by atoms with Crippen molar-refractivity contribution in [2.45, 2.75) is 51.7 Å². The fraction of sp³-hybridized carbons (Fsp3) is 0.667. The number of halogens is 3. The van der Waals surface area contributed by atoms with E-state index in [-0.39, 0.29) is 4.67 Å². The molecule has 0 saturated carbocycles. The van der Waals surface area contributed by atoms with Crippen molar-refractivity contribution in [3.05, 3.63) is 16.4 Å². The molecule has 1 heterocycles. The first-order valence-electron chi connectivity index (χ1n) is 6.16. The number of aryl methyl sites for hydroxylation is 1. The molecular formula is C12H17F3N2O2S. The predicted octanol–water partition coefficient (Wildman–Crippen LogP) is 3.77. The lowest BCUT2D eigenvalue weighted by atomic mass is 10.1. The minimum Gasteiger partial charge on any atom is -0.463 e. The number of alkyl halides is 3. The van der Waals surface area contributed by atoms with E-state index >= 15 is 0 Å². The second-order valence-electron chi connectivity index (χ2n) is 4.93. The SMILES string of the molecule is CCCCc1cn(C(C)(C)C(F)(F)F)s/c1=N\C(=O)O. The molecule has 0 aliphatic rings. The molecule has 4 nitrogen and oxygen atoms in total. The fourth-order valence-electron chi connectivity index (χ4n) is 1.49. The first-order valence-corrected chi connectivity index (χ1v) is 6.93. The Balaban J connectivity index is 3.31. The molecule has 0 atom stereocenters. The van der Waals surface area contributed by atoms with Crippen LogP contribution in [0.2, 0.25) is 0 Å². The number of unbranched alkanes of at least 4 members (excludes halogenated alkanes) is 1. The summed E-state index contributed by atoms with van der Waals surface area (Å²) >= 11 is 0.721. The Morgan fingerprint density at radius 1 is 1.45 bits per heavy atom. The standard InChI is InChI=1S/C12H17F3N2O2S/c1-4-5-6-8-7-17(11(2,3)12(13,14)15)20-9(8)16-10(18)19/h7H,4-6H2,1-3H3,(H,18,19)/b16-9-. The zero-order valence-corrected chi connectivity index (χ0v) is 12.3. The van der Waals surface area contributed by atoms with Gasteiger partial charge < -0.3 is 5.11 Å². The molecule has 1 aromatic heterocycles. The largest absolute Gasteiger partial charge is 0.463 e. The molecule has 1 N–H and O–H groups in total. The molecule has 1 rings (SSSR count). The quantitative estimate of drug-likeness (QED) is 0.920. The van der Waals surface area contributed by atoms with Gasteiger partial charge in [0.05, 0.1) is 0 Å². The van der Waals surface area contributed by atoms with Gasteiger partial charge in [-0.15, -0.1) is 0 Å². The van der Waals surface area contributed by atoms with E-state index in [1.54, 1.807) is 0 Å². The third kappa shape index (κ3) is 3.62. The van der Waals surface area contributed by atoms with Crippen molar-refractivity contribution in [1.82, 2.24) is 3.96 Å². The molecule has 0 unspecified atom stereocenters. The number of carboxylic acid groups (broad SMARTS) is 1. The van der Waals surface area contributed by atoms with Crippen LogP contribution in [0.25, 0.3) is 0 Å². The van der Waals surface area contributed by atoms with Gasteiger partial charge in [0.25, 0.3) is 0 Å². The highest BCUT2D eigenvalue weighted by Crippen LogP contribution is 2.37. The molecule has 0 fully saturated rings. The summed E-state index contributed by atoms with van der Waals surface area (Å²) in [5.41, 5.74) is -1.55. The van der Waals surface area contributed by atoms with E-state index in [2.05, 4.69) is 4.99 Å². The van der Waals surface area contributed by atoms with Gasteiger partial charge in [0.15, 0.2) is 0 Å². The number of hydrogen-bond acceptors (Lipinski definition) is 2. The van der Waals surface area contributed by atoms with E-state index in [1.165, 1.54) is 6.20 Å². The third-order valence-corrected chi connectivity index (χ3v) is 4.26. The highest BCUT2D eigenvalue weighted by atomic mass is 32.1. The molecule has 0 aliphatic heterocycles. The smallest absolute Gasteiger partial charge is 0.432 e. The highest BCUT2D eigenvalue weighted by molar-refractivity contribution is 7.04. The molecule has 0 aromatic carbocycles. The van der Waals surface area contributed by atoms with E-state index in [0.717, 1.165) is 42.2 Å². The van der Waals surface area contributed by atoms with Crippen LogP contribution in [0.5, 0.6) is 0 Å². The maximum Gasteiger partial charge on any atom is 0.432 e. The summed E-state index contributed by atoms with van der Waals surface area (Å²) in [4.78, 5) is 14.0. The molecule has 0 bridgehead atoms. The Morgan fingerprint density at radius 2 is 2.05 bits per heavy atom. The first-order chi connectivity index (χ1) is 9.09. The van der Waals surface area contributed by atoms with Crippen molar-refractivity contribution in [2.75, 3.05) is 0 Å². The molecule has 1 amide bonds. The zero-order valence-electron chi connectivity index (χ0n) is 11.5. The Morgan fingerprint density at radius 3 is 2.50 bits per heavy atom. The predicted molar refractivity (Wildman–Crippen MR) is 69.9 cm³/mol. The second-order valence-corrected chi connectivity index (χ2v) is 5.89. The Hall–Kier alpha value is -1.31. The highest BCUT2D eigenvalue weighted by Gasteiger charge is 2.49. The van der Waals surface area contributed by atoms with E-state index in [0.29, 0.717) is 12.0 Å². The topological polar surface area (TPSA) is 54.6 Å². The summed E-state index contributed by atoms with van der Waals surface area (Å²) in [5, 5.41) is 8.70. The second kappa shape index (κ2) is 5.99. The summed E-state index contributed by atoms with van der Waals surface area (Å²) in [6.45, 7) is 4.06. The maximum atomic E-state index is 13.0.